The summed E-state index contributed by atoms with van der Waals surface area (Å²) in [5, 5.41) is 0.810. The summed E-state index contributed by atoms with van der Waals surface area (Å²) in [6.45, 7) is 19.7. The molecule has 0 amide bonds. The van der Waals surface area contributed by atoms with Crippen LogP contribution in [0.25, 0.3) is 0 Å². The van der Waals surface area contributed by atoms with E-state index in [9.17, 15) is 4.79 Å². The number of aryl methyl sites for hydroxylation is 1. The highest BCUT2D eigenvalue weighted by Crippen LogP contribution is 2.08. The molecule has 0 aromatic heterocycles. The maximum absolute atomic E-state index is 9.44. The number of ketones is 1. The van der Waals surface area contributed by atoms with Gasteiger partial charge in [0.2, 0.25) is 0 Å². The van der Waals surface area contributed by atoms with E-state index >= 15 is 0 Å². The van der Waals surface area contributed by atoms with Crippen LogP contribution in [-0.2, 0) is 4.79 Å². The zero-order valence-corrected chi connectivity index (χ0v) is 16.6. The Morgan fingerprint density at radius 1 is 1.10 bits per heavy atom. The second kappa shape index (κ2) is 24.2. The number of rotatable bonds is 1. The summed E-state index contributed by atoms with van der Waals surface area (Å²) >= 11 is 5.64. The van der Waals surface area contributed by atoms with E-state index in [1.807, 2.05) is 58.9 Å². The number of Topliss-reactive ketones (excluding diaryl/α,β-unsaturated/α-hetero) is 1. The van der Waals surface area contributed by atoms with Gasteiger partial charge in [-0.15, -0.1) is 0 Å². The van der Waals surface area contributed by atoms with E-state index < -0.39 is 0 Å². The molecule has 2 heteroatoms. The Hall–Kier alpha value is -0.820. The second-order valence-corrected chi connectivity index (χ2v) is 4.95. The highest BCUT2D eigenvalue weighted by Gasteiger charge is 1.83. The first-order valence-corrected chi connectivity index (χ1v) is 8.36. The molecule has 0 aliphatic rings. The van der Waals surface area contributed by atoms with Crippen molar-refractivity contribution < 1.29 is 4.79 Å². The van der Waals surface area contributed by atoms with Crippen LogP contribution in [0.15, 0.2) is 24.3 Å². The van der Waals surface area contributed by atoms with Gasteiger partial charge in [0.1, 0.15) is 5.78 Å². The molecule has 0 saturated heterocycles. The van der Waals surface area contributed by atoms with E-state index in [4.69, 9.17) is 11.6 Å². The van der Waals surface area contributed by atoms with E-state index in [-0.39, 0.29) is 5.78 Å². The quantitative estimate of drug-likeness (QED) is 0.529. The van der Waals surface area contributed by atoms with Crippen molar-refractivity contribution in [2.75, 3.05) is 0 Å². The van der Waals surface area contributed by atoms with Crippen LogP contribution < -0.4 is 0 Å². The molecule has 1 aromatic carbocycles. The van der Waals surface area contributed by atoms with E-state index in [1.54, 1.807) is 0 Å². The van der Waals surface area contributed by atoms with Gasteiger partial charge in [0.15, 0.2) is 0 Å². The summed E-state index contributed by atoms with van der Waals surface area (Å²) in [6, 6.07) is 7.76. The standard InChI is InChI=1S/C7H7Cl.C5H12.C3H6O.2C2H6/c1-6-3-2-4-7(8)5-6;1-4-5(2)3;1-3(2)4;2*1-2/h2-5H,1H3;5H,4H2,1-3H3;1-2H3;2*1-2H3. The topological polar surface area (TPSA) is 17.1 Å². The van der Waals surface area contributed by atoms with E-state index in [2.05, 4.69) is 20.8 Å². The predicted molar refractivity (Wildman–Crippen MR) is 100 cm³/mol. The van der Waals surface area contributed by atoms with Gasteiger partial charge >= 0.3 is 0 Å². The molecule has 0 aliphatic carbocycles. The predicted octanol–water partition coefficient (Wildman–Crippen LogP) is 7.35. The Balaban J connectivity index is -0.0000000975. The number of halogens is 1. The van der Waals surface area contributed by atoms with Gasteiger partial charge in [-0.3, -0.25) is 0 Å². The average molecular weight is 317 g/mol. The fourth-order valence-electron chi connectivity index (χ4n) is 0.606. The molecule has 0 saturated carbocycles. The van der Waals surface area contributed by atoms with E-state index in [0.717, 1.165) is 10.9 Å². The Kier molecular flexibility index (Phi) is 32.7. The molecule has 0 atom stereocenters. The van der Waals surface area contributed by atoms with Gasteiger partial charge in [-0.05, 0) is 44.4 Å². The molecule has 0 radical (unpaired) electrons. The van der Waals surface area contributed by atoms with Crippen LogP contribution in [0, 0.1) is 12.8 Å². The zero-order chi connectivity index (χ0) is 17.8. The fourth-order valence-corrected chi connectivity index (χ4v) is 0.850. The smallest absolute Gasteiger partial charge is 0.126 e. The van der Waals surface area contributed by atoms with Crippen molar-refractivity contribution in [2.45, 2.75) is 75.7 Å². The lowest BCUT2D eigenvalue weighted by Gasteiger charge is -1.90. The highest BCUT2D eigenvalue weighted by molar-refractivity contribution is 6.30. The fraction of sp³-hybridized carbons (Fsp3) is 0.632. The summed E-state index contributed by atoms with van der Waals surface area (Å²) in [5.74, 6) is 1.05. The minimum absolute atomic E-state index is 0.167. The summed E-state index contributed by atoms with van der Waals surface area (Å²) in [4.78, 5) is 9.44. The first kappa shape index (κ1) is 28.4. The maximum Gasteiger partial charge on any atom is 0.126 e. The Morgan fingerprint density at radius 3 is 1.57 bits per heavy atom. The molecule has 0 fully saturated rings. The van der Waals surface area contributed by atoms with Crippen molar-refractivity contribution in [1.82, 2.24) is 0 Å². The summed E-state index contributed by atoms with van der Waals surface area (Å²) in [7, 11) is 0. The van der Waals surface area contributed by atoms with E-state index in [0.29, 0.717) is 0 Å². The number of benzene rings is 1. The molecule has 21 heavy (non-hydrogen) atoms. The van der Waals surface area contributed by atoms with Crippen LogP contribution in [0.5, 0.6) is 0 Å². The highest BCUT2D eigenvalue weighted by atomic mass is 35.5. The molecule has 0 unspecified atom stereocenters. The molecule has 0 heterocycles. The van der Waals surface area contributed by atoms with Crippen LogP contribution in [-0.4, -0.2) is 5.78 Å². The Bertz CT molecular complexity index is 285. The van der Waals surface area contributed by atoms with Gasteiger partial charge in [-0.1, -0.05) is 78.6 Å². The minimum atomic E-state index is 0.167. The zero-order valence-electron chi connectivity index (χ0n) is 15.9. The lowest BCUT2D eigenvalue weighted by Crippen LogP contribution is -1.77. The molecule has 1 aromatic rings. The van der Waals surface area contributed by atoms with Gasteiger partial charge in [-0.2, -0.15) is 0 Å². The monoisotopic (exact) mass is 316 g/mol. The lowest BCUT2D eigenvalue weighted by atomic mass is 10.2. The minimum Gasteiger partial charge on any atom is -0.300 e. The first-order chi connectivity index (χ1) is 9.79. The maximum atomic E-state index is 9.44. The van der Waals surface area contributed by atoms with Crippen LogP contribution >= 0.6 is 11.6 Å². The van der Waals surface area contributed by atoms with Gasteiger partial charge < -0.3 is 4.79 Å². The van der Waals surface area contributed by atoms with Crippen LogP contribution in [0.3, 0.4) is 0 Å². The molecule has 0 N–H and O–H groups in total. The van der Waals surface area contributed by atoms with Crippen molar-refractivity contribution in [3.05, 3.63) is 34.9 Å². The third-order valence-electron chi connectivity index (χ3n) is 1.80. The summed E-state index contributed by atoms with van der Waals surface area (Å²) < 4.78 is 0. The molecular formula is C19H37ClO. The molecule has 0 spiro atoms. The SMILES string of the molecule is CC.CC.CC(C)=O.CCC(C)C.Cc1cccc(Cl)c1. The van der Waals surface area contributed by atoms with Crippen LogP contribution in [0.1, 0.15) is 74.3 Å². The van der Waals surface area contributed by atoms with Crippen molar-refractivity contribution in [3.8, 4) is 0 Å². The van der Waals surface area contributed by atoms with Gasteiger partial charge in [-0.25, -0.2) is 0 Å². The van der Waals surface area contributed by atoms with Crippen LogP contribution in [0.2, 0.25) is 5.02 Å². The average Bonchev–Trinajstić information content (AvgIpc) is 2.43. The molecule has 0 bridgehead atoms. The van der Waals surface area contributed by atoms with Crippen molar-refractivity contribution in [3.63, 3.8) is 0 Å². The Labute approximate surface area is 139 Å². The number of carbonyl (C=O) groups excluding carboxylic acids is 1. The van der Waals surface area contributed by atoms with Crippen molar-refractivity contribution in [1.29, 1.82) is 0 Å². The number of carbonyl (C=O) groups is 1. The van der Waals surface area contributed by atoms with Crippen LogP contribution in [0.4, 0.5) is 0 Å². The second-order valence-electron chi connectivity index (χ2n) is 4.51. The van der Waals surface area contributed by atoms with Crippen molar-refractivity contribution >= 4 is 17.4 Å². The molecule has 126 valence electrons. The van der Waals surface area contributed by atoms with Gasteiger partial charge in [0.05, 0.1) is 0 Å². The molecule has 0 aliphatic heterocycles. The first-order valence-electron chi connectivity index (χ1n) is 7.98. The number of hydrogen-bond donors (Lipinski definition) is 0. The largest absolute Gasteiger partial charge is 0.300 e. The molecule has 1 rings (SSSR count). The van der Waals surface area contributed by atoms with Gasteiger partial charge in [0, 0.05) is 5.02 Å². The summed E-state index contributed by atoms with van der Waals surface area (Å²) in [6.07, 6.45) is 1.31. The normalized spacial score (nSPS) is 7.62. The molecule has 1 nitrogen and oxygen atoms in total. The summed E-state index contributed by atoms with van der Waals surface area (Å²) in [5.41, 5.74) is 1.21. The molecular weight excluding hydrogens is 280 g/mol. The number of hydrogen-bond acceptors (Lipinski definition) is 1. The third-order valence-corrected chi connectivity index (χ3v) is 2.03. The van der Waals surface area contributed by atoms with Gasteiger partial charge in [0.25, 0.3) is 0 Å². The van der Waals surface area contributed by atoms with E-state index in [1.165, 1.54) is 25.8 Å². The third kappa shape index (κ3) is 45.3. The van der Waals surface area contributed by atoms with Crippen molar-refractivity contribution in [2.24, 2.45) is 5.92 Å². The lowest BCUT2D eigenvalue weighted by molar-refractivity contribution is -0.114. The Morgan fingerprint density at radius 2 is 1.43 bits per heavy atom.